The molecule has 3 nitrogen and oxygen atoms in total. The highest BCUT2D eigenvalue weighted by Gasteiger charge is 2.17. The Bertz CT molecular complexity index is 460. The molecule has 0 spiro atoms. The summed E-state index contributed by atoms with van der Waals surface area (Å²) in [6, 6.07) is 4.38. The zero-order chi connectivity index (χ0) is 13.0. The molecule has 0 saturated heterocycles. The van der Waals surface area contributed by atoms with Crippen molar-refractivity contribution in [1.29, 1.82) is 5.26 Å². The minimum absolute atomic E-state index is 0.742. The third kappa shape index (κ3) is 2.48. The standard InChI is InChI=1S/C15H21N3/c1-3-9-18(4-2)15-13(11-16)10-12-7-5-6-8-14(12)17-15/h10H,3-9H2,1-2H3. The summed E-state index contributed by atoms with van der Waals surface area (Å²) >= 11 is 0. The van der Waals surface area contributed by atoms with Gasteiger partial charge in [0.2, 0.25) is 0 Å². The lowest BCUT2D eigenvalue weighted by Gasteiger charge is -2.25. The Morgan fingerprint density at radius 2 is 2.11 bits per heavy atom. The Hall–Kier alpha value is -1.56. The van der Waals surface area contributed by atoms with Crippen LogP contribution in [0.1, 0.15) is 49.9 Å². The number of fused-ring (bicyclic) bond motifs is 1. The fraction of sp³-hybridized carbons (Fsp3) is 0.600. The summed E-state index contributed by atoms with van der Waals surface area (Å²) in [5.74, 6) is 0.891. The number of anilines is 1. The lowest BCUT2D eigenvalue weighted by atomic mass is 9.95. The van der Waals surface area contributed by atoms with E-state index in [4.69, 9.17) is 4.98 Å². The van der Waals surface area contributed by atoms with Crippen LogP contribution in [-0.2, 0) is 12.8 Å². The van der Waals surface area contributed by atoms with Gasteiger partial charge in [0.25, 0.3) is 0 Å². The predicted molar refractivity (Wildman–Crippen MR) is 73.8 cm³/mol. The second-order valence-corrected chi connectivity index (χ2v) is 4.86. The molecule has 0 amide bonds. The summed E-state index contributed by atoms with van der Waals surface area (Å²) in [6.45, 7) is 6.16. The van der Waals surface area contributed by atoms with E-state index in [-0.39, 0.29) is 0 Å². The van der Waals surface area contributed by atoms with E-state index in [1.54, 1.807) is 0 Å². The normalized spacial score (nSPS) is 13.8. The predicted octanol–water partition coefficient (Wildman–Crippen LogP) is 3.07. The minimum atomic E-state index is 0.742. The lowest BCUT2D eigenvalue weighted by Crippen LogP contribution is -2.26. The average Bonchev–Trinajstić information content (AvgIpc) is 2.43. The van der Waals surface area contributed by atoms with Crippen LogP contribution in [0.5, 0.6) is 0 Å². The van der Waals surface area contributed by atoms with E-state index in [9.17, 15) is 5.26 Å². The van der Waals surface area contributed by atoms with Gasteiger partial charge in [0.15, 0.2) is 0 Å². The van der Waals surface area contributed by atoms with Crippen LogP contribution in [0.2, 0.25) is 0 Å². The van der Waals surface area contributed by atoms with Crippen molar-refractivity contribution in [1.82, 2.24) is 4.98 Å². The summed E-state index contributed by atoms with van der Waals surface area (Å²) in [7, 11) is 0. The van der Waals surface area contributed by atoms with Crippen LogP contribution in [-0.4, -0.2) is 18.1 Å². The molecule has 1 aliphatic rings. The first-order chi connectivity index (χ1) is 8.80. The van der Waals surface area contributed by atoms with Gasteiger partial charge in [-0.05, 0) is 50.7 Å². The summed E-state index contributed by atoms with van der Waals surface area (Å²) in [4.78, 5) is 6.99. The minimum Gasteiger partial charge on any atom is -0.356 e. The Kier molecular flexibility index (Phi) is 4.19. The van der Waals surface area contributed by atoms with E-state index >= 15 is 0 Å². The zero-order valence-corrected chi connectivity index (χ0v) is 11.4. The van der Waals surface area contributed by atoms with Gasteiger partial charge in [-0.1, -0.05) is 6.92 Å². The molecule has 0 saturated carbocycles. The van der Waals surface area contributed by atoms with Gasteiger partial charge in [0.1, 0.15) is 11.9 Å². The number of nitriles is 1. The van der Waals surface area contributed by atoms with Crippen molar-refractivity contribution in [3.05, 3.63) is 22.9 Å². The first kappa shape index (κ1) is 12.9. The SMILES string of the molecule is CCCN(CC)c1nc2c(cc1C#N)CCCC2. The van der Waals surface area contributed by atoms with Gasteiger partial charge >= 0.3 is 0 Å². The van der Waals surface area contributed by atoms with E-state index in [0.29, 0.717) is 0 Å². The molecule has 3 heteroatoms. The Balaban J connectivity index is 2.42. The number of hydrogen-bond donors (Lipinski definition) is 0. The van der Waals surface area contributed by atoms with Gasteiger partial charge in [-0.25, -0.2) is 4.98 Å². The van der Waals surface area contributed by atoms with Crippen LogP contribution in [0.15, 0.2) is 6.07 Å². The van der Waals surface area contributed by atoms with Gasteiger partial charge < -0.3 is 4.90 Å². The van der Waals surface area contributed by atoms with Crippen LogP contribution < -0.4 is 4.90 Å². The molecule has 1 aromatic heterocycles. The van der Waals surface area contributed by atoms with E-state index in [1.165, 1.54) is 24.1 Å². The molecule has 0 unspecified atom stereocenters. The van der Waals surface area contributed by atoms with Crippen LogP contribution >= 0.6 is 0 Å². The third-order valence-corrected chi connectivity index (χ3v) is 3.58. The highest BCUT2D eigenvalue weighted by molar-refractivity contribution is 5.56. The molecule has 0 radical (unpaired) electrons. The molecular formula is C15H21N3. The topological polar surface area (TPSA) is 39.9 Å². The van der Waals surface area contributed by atoms with Crippen LogP contribution in [0.4, 0.5) is 5.82 Å². The molecule has 0 bridgehead atoms. The first-order valence-electron chi connectivity index (χ1n) is 6.98. The van der Waals surface area contributed by atoms with Crippen molar-refractivity contribution in [2.45, 2.75) is 46.0 Å². The van der Waals surface area contributed by atoms with Gasteiger partial charge in [0.05, 0.1) is 5.56 Å². The van der Waals surface area contributed by atoms with E-state index < -0.39 is 0 Å². The van der Waals surface area contributed by atoms with Crippen molar-refractivity contribution in [3.63, 3.8) is 0 Å². The fourth-order valence-electron chi connectivity index (χ4n) is 2.63. The Morgan fingerprint density at radius 3 is 2.78 bits per heavy atom. The molecule has 0 aliphatic heterocycles. The molecule has 0 fully saturated rings. The largest absolute Gasteiger partial charge is 0.356 e. The number of rotatable bonds is 4. The third-order valence-electron chi connectivity index (χ3n) is 3.58. The number of aromatic nitrogens is 1. The second-order valence-electron chi connectivity index (χ2n) is 4.86. The van der Waals surface area contributed by atoms with E-state index in [2.05, 4.69) is 30.9 Å². The number of pyridine rings is 1. The van der Waals surface area contributed by atoms with Gasteiger partial charge in [0, 0.05) is 18.8 Å². The van der Waals surface area contributed by atoms with Gasteiger partial charge in [-0.15, -0.1) is 0 Å². The van der Waals surface area contributed by atoms with Crippen LogP contribution in [0.25, 0.3) is 0 Å². The van der Waals surface area contributed by atoms with Crippen molar-refractivity contribution < 1.29 is 0 Å². The van der Waals surface area contributed by atoms with Crippen molar-refractivity contribution >= 4 is 5.82 Å². The summed E-state index contributed by atoms with van der Waals surface area (Å²) in [5.41, 5.74) is 3.24. The molecule has 1 aliphatic carbocycles. The zero-order valence-electron chi connectivity index (χ0n) is 11.4. The molecule has 96 valence electrons. The Labute approximate surface area is 109 Å². The number of hydrogen-bond acceptors (Lipinski definition) is 3. The van der Waals surface area contributed by atoms with Crippen LogP contribution in [0, 0.1) is 11.3 Å². The molecule has 2 rings (SSSR count). The molecule has 0 atom stereocenters. The summed E-state index contributed by atoms with van der Waals surface area (Å²) < 4.78 is 0. The highest BCUT2D eigenvalue weighted by atomic mass is 15.2. The summed E-state index contributed by atoms with van der Waals surface area (Å²) in [5, 5.41) is 9.32. The summed E-state index contributed by atoms with van der Waals surface area (Å²) in [6.07, 6.45) is 5.68. The number of aryl methyl sites for hydroxylation is 2. The number of nitrogens with zero attached hydrogens (tertiary/aromatic N) is 3. The van der Waals surface area contributed by atoms with E-state index in [0.717, 1.165) is 43.7 Å². The maximum absolute atomic E-state index is 9.32. The maximum Gasteiger partial charge on any atom is 0.146 e. The van der Waals surface area contributed by atoms with Crippen molar-refractivity contribution in [2.24, 2.45) is 0 Å². The molecular weight excluding hydrogens is 222 g/mol. The smallest absolute Gasteiger partial charge is 0.146 e. The van der Waals surface area contributed by atoms with E-state index in [1.807, 2.05) is 0 Å². The maximum atomic E-state index is 9.32. The molecule has 18 heavy (non-hydrogen) atoms. The average molecular weight is 243 g/mol. The Morgan fingerprint density at radius 1 is 1.33 bits per heavy atom. The molecule has 0 N–H and O–H groups in total. The van der Waals surface area contributed by atoms with Gasteiger partial charge in [-0.2, -0.15) is 5.26 Å². The molecule has 1 aromatic rings. The van der Waals surface area contributed by atoms with Crippen LogP contribution in [0.3, 0.4) is 0 Å². The van der Waals surface area contributed by atoms with Crippen molar-refractivity contribution in [3.8, 4) is 6.07 Å². The quantitative estimate of drug-likeness (QED) is 0.816. The first-order valence-corrected chi connectivity index (χ1v) is 6.98. The fourth-order valence-corrected chi connectivity index (χ4v) is 2.63. The van der Waals surface area contributed by atoms with Gasteiger partial charge in [-0.3, -0.25) is 0 Å². The lowest BCUT2D eigenvalue weighted by molar-refractivity contribution is 0.663. The molecule has 0 aromatic carbocycles. The van der Waals surface area contributed by atoms with Crippen molar-refractivity contribution in [2.75, 3.05) is 18.0 Å². The monoisotopic (exact) mass is 243 g/mol. The second kappa shape index (κ2) is 5.86. The molecule has 1 heterocycles. The highest BCUT2D eigenvalue weighted by Crippen LogP contribution is 2.26.